The minimum atomic E-state index is -0.594. The number of esters is 1. The molecule has 0 aromatic heterocycles. The molecule has 1 heterocycles. The third-order valence-electron chi connectivity index (χ3n) is 2.22. The second kappa shape index (κ2) is 3.59. The van der Waals surface area contributed by atoms with Crippen LogP contribution in [0.1, 0.15) is 19.3 Å². The molecule has 0 aromatic rings. The molecule has 0 radical (unpaired) electrons. The lowest BCUT2D eigenvalue weighted by Gasteiger charge is -2.23. The van der Waals surface area contributed by atoms with Gasteiger partial charge >= 0.3 is 5.97 Å². The summed E-state index contributed by atoms with van der Waals surface area (Å²) < 4.78 is 4.69. The van der Waals surface area contributed by atoms with Gasteiger partial charge in [0.15, 0.2) is 0 Å². The maximum atomic E-state index is 11.3. The molecule has 0 saturated carbocycles. The molecule has 1 aliphatic rings. The van der Waals surface area contributed by atoms with Crippen LogP contribution >= 0.6 is 0 Å². The van der Waals surface area contributed by atoms with E-state index in [2.05, 4.69) is 11.2 Å². The summed E-state index contributed by atoms with van der Waals surface area (Å²) in [5.74, 6) is 2.26. The first kappa shape index (κ1) is 9.08. The van der Waals surface area contributed by atoms with Crippen molar-refractivity contribution in [3.8, 4) is 12.3 Å². The average molecular weight is 167 g/mol. The van der Waals surface area contributed by atoms with Gasteiger partial charge in [0.2, 0.25) is 0 Å². The van der Waals surface area contributed by atoms with E-state index >= 15 is 0 Å². The topological polar surface area (TPSA) is 38.3 Å². The van der Waals surface area contributed by atoms with E-state index in [-0.39, 0.29) is 5.97 Å². The van der Waals surface area contributed by atoms with Crippen molar-refractivity contribution in [1.29, 1.82) is 0 Å². The monoisotopic (exact) mass is 167 g/mol. The van der Waals surface area contributed by atoms with Crippen LogP contribution in [0.3, 0.4) is 0 Å². The van der Waals surface area contributed by atoms with Crippen LogP contribution in [0.25, 0.3) is 0 Å². The van der Waals surface area contributed by atoms with Crippen molar-refractivity contribution in [3.63, 3.8) is 0 Å². The number of hydrogen-bond acceptors (Lipinski definition) is 3. The van der Waals surface area contributed by atoms with E-state index in [1.165, 1.54) is 7.11 Å². The Morgan fingerprint density at radius 2 is 2.58 bits per heavy atom. The lowest BCUT2D eigenvalue weighted by molar-refractivity contribution is -0.147. The zero-order valence-corrected chi connectivity index (χ0v) is 7.22. The molecule has 1 rings (SSSR count). The minimum absolute atomic E-state index is 0.238. The average Bonchev–Trinajstić information content (AvgIpc) is 2.53. The molecule has 0 aromatic carbocycles. The molecule has 1 unspecified atom stereocenters. The molecule has 1 atom stereocenters. The van der Waals surface area contributed by atoms with E-state index in [9.17, 15) is 4.79 Å². The zero-order valence-electron chi connectivity index (χ0n) is 7.22. The largest absolute Gasteiger partial charge is 0.468 e. The van der Waals surface area contributed by atoms with Gasteiger partial charge < -0.3 is 10.1 Å². The molecule has 66 valence electrons. The van der Waals surface area contributed by atoms with E-state index < -0.39 is 5.54 Å². The number of rotatable bonds is 2. The Morgan fingerprint density at radius 3 is 3.00 bits per heavy atom. The fourth-order valence-corrected chi connectivity index (χ4v) is 1.57. The molecule has 1 aliphatic heterocycles. The summed E-state index contributed by atoms with van der Waals surface area (Å²) in [4.78, 5) is 11.3. The summed E-state index contributed by atoms with van der Waals surface area (Å²) >= 11 is 0. The number of ether oxygens (including phenoxy) is 1. The van der Waals surface area contributed by atoms with Crippen molar-refractivity contribution >= 4 is 5.97 Å². The Hall–Kier alpha value is -1.01. The van der Waals surface area contributed by atoms with Crippen molar-refractivity contribution in [3.05, 3.63) is 0 Å². The number of methoxy groups -OCH3 is 1. The van der Waals surface area contributed by atoms with Crippen LogP contribution in [0.4, 0.5) is 0 Å². The Kier molecular flexibility index (Phi) is 2.72. The highest BCUT2D eigenvalue weighted by Gasteiger charge is 2.41. The molecule has 3 nitrogen and oxygen atoms in total. The molecule has 3 heteroatoms. The van der Waals surface area contributed by atoms with Crippen LogP contribution in [0.2, 0.25) is 0 Å². The van der Waals surface area contributed by atoms with Gasteiger partial charge in [-0.15, -0.1) is 12.3 Å². The summed E-state index contributed by atoms with van der Waals surface area (Å²) in [5, 5.41) is 3.10. The van der Waals surface area contributed by atoms with E-state index in [1.54, 1.807) is 0 Å². The number of carbonyl (C=O) groups is 1. The van der Waals surface area contributed by atoms with Gasteiger partial charge in [-0.3, -0.25) is 4.79 Å². The van der Waals surface area contributed by atoms with Gasteiger partial charge in [0.1, 0.15) is 5.54 Å². The fourth-order valence-electron chi connectivity index (χ4n) is 1.57. The van der Waals surface area contributed by atoms with E-state index in [0.29, 0.717) is 6.42 Å². The van der Waals surface area contributed by atoms with Crippen LogP contribution in [0.5, 0.6) is 0 Å². The summed E-state index contributed by atoms with van der Waals surface area (Å²) in [7, 11) is 1.39. The first-order valence-electron chi connectivity index (χ1n) is 4.02. The normalized spacial score (nSPS) is 28.0. The van der Waals surface area contributed by atoms with Gasteiger partial charge in [-0.2, -0.15) is 0 Å². The number of hydrogen-bond donors (Lipinski definition) is 1. The molecule has 0 aliphatic carbocycles. The Balaban J connectivity index is 2.72. The molecular formula is C9H13NO2. The van der Waals surface area contributed by atoms with Gasteiger partial charge in [-0.1, -0.05) is 0 Å². The summed E-state index contributed by atoms with van der Waals surface area (Å²) in [5.41, 5.74) is -0.594. The molecule has 1 N–H and O–H groups in total. The summed E-state index contributed by atoms with van der Waals surface area (Å²) in [6.45, 7) is 0.844. The van der Waals surface area contributed by atoms with Gasteiger partial charge in [0.25, 0.3) is 0 Å². The smallest absolute Gasteiger partial charge is 0.327 e. The predicted octanol–water partition coefficient (Wildman–Crippen LogP) is 0.305. The van der Waals surface area contributed by atoms with Crippen LogP contribution in [0.15, 0.2) is 0 Å². The number of carbonyl (C=O) groups excluding carboxylic acids is 1. The first-order valence-corrected chi connectivity index (χ1v) is 4.02. The number of nitrogens with one attached hydrogen (secondary N) is 1. The fraction of sp³-hybridized carbons (Fsp3) is 0.667. The quantitative estimate of drug-likeness (QED) is 0.475. The number of terminal acetylenes is 1. The summed E-state index contributed by atoms with van der Waals surface area (Å²) in [6, 6.07) is 0. The standard InChI is InChI=1S/C9H13NO2/c1-3-5-9(8(11)12-2)6-4-7-10-9/h1,10H,4-7H2,2H3. The lowest BCUT2D eigenvalue weighted by atomic mass is 9.94. The van der Waals surface area contributed by atoms with E-state index in [4.69, 9.17) is 11.2 Å². The lowest BCUT2D eigenvalue weighted by Crippen LogP contribution is -2.47. The second-order valence-corrected chi connectivity index (χ2v) is 2.98. The second-order valence-electron chi connectivity index (χ2n) is 2.98. The van der Waals surface area contributed by atoms with Crippen molar-refractivity contribution < 1.29 is 9.53 Å². The van der Waals surface area contributed by atoms with Crippen LogP contribution < -0.4 is 5.32 Å². The third-order valence-corrected chi connectivity index (χ3v) is 2.22. The van der Waals surface area contributed by atoms with E-state index in [1.807, 2.05) is 0 Å². The Labute approximate surface area is 72.5 Å². The predicted molar refractivity (Wildman–Crippen MR) is 45.4 cm³/mol. The highest BCUT2D eigenvalue weighted by atomic mass is 16.5. The van der Waals surface area contributed by atoms with Gasteiger partial charge in [-0.05, 0) is 19.4 Å². The zero-order chi connectivity index (χ0) is 9.03. The first-order chi connectivity index (χ1) is 5.75. The third kappa shape index (κ3) is 1.44. The van der Waals surface area contributed by atoms with Crippen molar-refractivity contribution in [2.45, 2.75) is 24.8 Å². The van der Waals surface area contributed by atoms with Crippen molar-refractivity contribution in [1.82, 2.24) is 5.32 Å². The van der Waals surface area contributed by atoms with Crippen molar-refractivity contribution in [2.75, 3.05) is 13.7 Å². The Bertz CT molecular complexity index is 211. The SMILES string of the molecule is C#CCC1(C(=O)OC)CCCN1. The molecule has 1 fully saturated rings. The molecular weight excluding hydrogens is 154 g/mol. The Morgan fingerprint density at radius 1 is 1.83 bits per heavy atom. The highest BCUT2D eigenvalue weighted by Crippen LogP contribution is 2.23. The maximum absolute atomic E-state index is 11.3. The highest BCUT2D eigenvalue weighted by molar-refractivity contribution is 5.81. The van der Waals surface area contributed by atoms with Gasteiger partial charge in [0, 0.05) is 6.42 Å². The maximum Gasteiger partial charge on any atom is 0.327 e. The van der Waals surface area contributed by atoms with Crippen LogP contribution in [0, 0.1) is 12.3 Å². The molecule has 12 heavy (non-hydrogen) atoms. The minimum Gasteiger partial charge on any atom is -0.468 e. The van der Waals surface area contributed by atoms with E-state index in [0.717, 1.165) is 19.4 Å². The van der Waals surface area contributed by atoms with Gasteiger partial charge in [0.05, 0.1) is 7.11 Å². The molecule has 0 amide bonds. The van der Waals surface area contributed by atoms with Crippen LogP contribution in [-0.4, -0.2) is 25.2 Å². The van der Waals surface area contributed by atoms with Gasteiger partial charge in [-0.25, -0.2) is 0 Å². The molecule has 0 spiro atoms. The summed E-state index contributed by atoms with van der Waals surface area (Å²) in [6.07, 6.45) is 7.37. The molecule has 0 bridgehead atoms. The van der Waals surface area contributed by atoms with Crippen molar-refractivity contribution in [2.24, 2.45) is 0 Å². The van der Waals surface area contributed by atoms with Crippen LogP contribution in [-0.2, 0) is 9.53 Å². The molecule has 1 saturated heterocycles.